The highest BCUT2D eigenvalue weighted by molar-refractivity contribution is 5.30. The van der Waals surface area contributed by atoms with Crippen LogP contribution in [0.1, 0.15) is 29.7 Å². The summed E-state index contributed by atoms with van der Waals surface area (Å²) in [5.41, 5.74) is 2.86. The number of hydrogen-bond donors (Lipinski definition) is 1. The fourth-order valence-electron chi connectivity index (χ4n) is 2.50. The Hall–Kier alpha value is -1.13. The highest BCUT2D eigenvalue weighted by atomic mass is 16.5. The van der Waals surface area contributed by atoms with E-state index in [9.17, 15) is 9.90 Å². The summed E-state index contributed by atoms with van der Waals surface area (Å²) in [7, 11) is 1.66. The summed E-state index contributed by atoms with van der Waals surface area (Å²) in [6.45, 7) is 1.17. The van der Waals surface area contributed by atoms with E-state index in [1.807, 2.05) is 10.6 Å². The number of aliphatic hydroxyl groups is 1. The van der Waals surface area contributed by atoms with E-state index in [0.717, 1.165) is 31.4 Å². The second-order valence-corrected chi connectivity index (χ2v) is 4.46. The molecular formula is C13H19NO3. The summed E-state index contributed by atoms with van der Waals surface area (Å²) in [5, 5.41) is 9.21. The van der Waals surface area contributed by atoms with Gasteiger partial charge in [0.2, 0.25) is 0 Å². The zero-order chi connectivity index (χ0) is 12.3. The van der Waals surface area contributed by atoms with Gasteiger partial charge in [0.15, 0.2) is 0 Å². The molecule has 0 fully saturated rings. The lowest BCUT2D eigenvalue weighted by molar-refractivity contribution is 0.189. The maximum atomic E-state index is 12.1. The van der Waals surface area contributed by atoms with Crippen molar-refractivity contribution in [1.82, 2.24) is 4.57 Å². The summed E-state index contributed by atoms with van der Waals surface area (Å²) in [6.07, 6.45) is 3.93. The Morgan fingerprint density at radius 2 is 2.29 bits per heavy atom. The average Bonchev–Trinajstić information content (AvgIpc) is 2.79. The number of aromatic nitrogens is 1. The number of aryl methyl sites for hydroxylation is 1. The van der Waals surface area contributed by atoms with Crippen molar-refractivity contribution in [2.45, 2.75) is 38.8 Å². The monoisotopic (exact) mass is 237 g/mol. The average molecular weight is 237 g/mol. The van der Waals surface area contributed by atoms with Gasteiger partial charge < -0.3 is 14.4 Å². The molecule has 4 nitrogen and oxygen atoms in total. The summed E-state index contributed by atoms with van der Waals surface area (Å²) < 4.78 is 6.84. The minimum absolute atomic E-state index is 0.0377. The van der Waals surface area contributed by atoms with E-state index in [2.05, 4.69) is 0 Å². The SMILES string of the molecule is COCCCn1c2c(cc(CO)c1=O)CCC2. The standard InChI is InChI=1S/C13H19NO3/c1-17-7-3-6-14-12-5-2-4-10(12)8-11(9-15)13(14)16/h8,15H,2-7,9H2,1H3. The highest BCUT2D eigenvalue weighted by Crippen LogP contribution is 2.21. The maximum Gasteiger partial charge on any atom is 0.256 e. The van der Waals surface area contributed by atoms with Crippen LogP contribution in [0.4, 0.5) is 0 Å². The first-order valence-corrected chi connectivity index (χ1v) is 6.12. The number of nitrogens with zero attached hydrogens (tertiary/aromatic N) is 1. The predicted molar refractivity (Wildman–Crippen MR) is 65.1 cm³/mol. The van der Waals surface area contributed by atoms with Crippen LogP contribution < -0.4 is 5.56 Å². The zero-order valence-corrected chi connectivity index (χ0v) is 10.2. The van der Waals surface area contributed by atoms with Crippen LogP contribution >= 0.6 is 0 Å². The van der Waals surface area contributed by atoms with Gasteiger partial charge in [0.05, 0.1) is 6.61 Å². The zero-order valence-electron chi connectivity index (χ0n) is 10.2. The number of ether oxygens (including phenoxy) is 1. The van der Waals surface area contributed by atoms with Crippen LogP contribution in [0.15, 0.2) is 10.9 Å². The van der Waals surface area contributed by atoms with E-state index in [1.165, 1.54) is 5.56 Å². The van der Waals surface area contributed by atoms with Crippen molar-refractivity contribution in [3.8, 4) is 0 Å². The van der Waals surface area contributed by atoms with Gasteiger partial charge >= 0.3 is 0 Å². The lowest BCUT2D eigenvalue weighted by Gasteiger charge is -2.13. The van der Waals surface area contributed by atoms with Crippen LogP contribution in [0.5, 0.6) is 0 Å². The molecule has 4 heteroatoms. The number of rotatable bonds is 5. The topological polar surface area (TPSA) is 51.5 Å². The molecule has 1 N–H and O–H groups in total. The molecule has 0 aromatic carbocycles. The molecule has 0 radical (unpaired) electrons. The quantitative estimate of drug-likeness (QED) is 0.773. The minimum atomic E-state index is -0.170. The molecule has 0 atom stereocenters. The van der Waals surface area contributed by atoms with Gasteiger partial charge in [0, 0.05) is 31.5 Å². The molecule has 1 aliphatic rings. The lowest BCUT2D eigenvalue weighted by Crippen LogP contribution is -2.27. The van der Waals surface area contributed by atoms with E-state index in [0.29, 0.717) is 18.7 Å². The Morgan fingerprint density at radius 1 is 1.47 bits per heavy atom. The molecule has 0 saturated heterocycles. The second kappa shape index (κ2) is 5.47. The molecule has 2 rings (SSSR count). The van der Waals surface area contributed by atoms with E-state index in [-0.39, 0.29) is 12.2 Å². The fraction of sp³-hybridized carbons (Fsp3) is 0.615. The normalized spacial score (nSPS) is 14.0. The van der Waals surface area contributed by atoms with Gasteiger partial charge in [-0.1, -0.05) is 0 Å². The third kappa shape index (κ3) is 2.42. The van der Waals surface area contributed by atoms with Gasteiger partial charge in [-0.2, -0.15) is 0 Å². The largest absolute Gasteiger partial charge is 0.391 e. The van der Waals surface area contributed by atoms with Gasteiger partial charge in [0.25, 0.3) is 5.56 Å². The van der Waals surface area contributed by atoms with E-state index in [1.54, 1.807) is 7.11 Å². The van der Waals surface area contributed by atoms with Crippen molar-refractivity contribution in [3.63, 3.8) is 0 Å². The van der Waals surface area contributed by atoms with Crippen molar-refractivity contribution in [1.29, 1.82) is 0 Å². The second-order valence-electron chi connectivity index (χ2n) is 4.46. The third-order valence-electron chi connectivity index (χ3n) is 3.33. The molecule has 1 aromatic heterocycles. The lowest BCUT2D eigenvalue weighted by atomic mass is 10.1. The Balaban J connectivity index is 2.34. The Morgan fingerprint density at radius 3 is 3.00 bits per heavy atom. The van der Waals surface area contributed by atoms with Crippen LogP contribution in [0, 0.1) is 0 Å². The van der Waals surface area contributed by atoms with Gasteiger partial charge in [-0.15, -0.1) is 0 Å². The molecule has 0 spiro atoms. The molecular weight excluding hydrogens is 218 g/mol. The van der Waals surface area contributed by atoms with E-state index >= 15 is 0 Å². The van der Waals surface area contributed by atoms with E-state index < -0.39 is 0 Å². The first-order valence-electron chi connectivity index (χ1n) is 6.12. The Labute approximate surface area is 101 Å². The Bertz CT molecular complexity index is 451. The molecule has 1 heterocycles. The molecule has 0 aliphatic heterocycles. The first-order chi connectivity index (χ1) is 8.27. The summed E-state index contributed by atoms with van der Waals surface area (Å²) in [6, 6.07) is 1.87. The third-order valence-corrected chi connectivity index (χ3v) is 3.33. The van der Waals surface area contributed by atoms with Crippen LogP contribution in [-0.4, -0.2) is 23.4 Å². The van der Waals surface area contributed by atoms with Crippen molar-refractivity contribution >= 4 is 0 Å². The number of aliphatic hydroxyl groups excluding tert-OH is 1. The molecule has 94 valence electrons. The van der Waals surface area contributed by atoms with Crippen LogP contribution in [0.3, 0.4) is 0 Å². The molecule has 0 bridgehead atoms. The molecule has 1 aliphatic carbocycles. The van der Waals surface area contributed by atoms with Crippen LogP contribution in [0.2, 0.25) is 0 Å². The molecule has 17 heavy (non-hydrogen) atoms. The molecule has 0 saturated carbocycles. The van der Waals surface area contributed by atoms with Crippen molar-refractivity contribution < 1.29 is 9.84 Å². The van der Waals surface area contributed by atoms with Gasteiger partial charge in [0.1, 0.15) is 0 Å². The van der Waals surface area contributed by atoms with Crippen LogP contribution in [0.25, 0.3) is 0 Å². The molecule has 0 amide bonds. The Kier molecular flexibility index (Phi) is 3.97. The van der Waals surface area contributed by atoms with Gasteiger partial charge in [-0.3, -0.25) is 4.79 Å². The molecule has 0 unspecified atom stereocenters. The summed E-state index contributed by atoms with van der Waals surface area (Å²) in [4.78, 5) is 12.1. The van der Waals surface area contributed by atoms with Crippen molar-refractivity contribution in [2.75, 3.05) is 13.7 Å². The fourth-order valence-corrected chi connectivity index (χ4v) is 2.50. The summed E-state index contributed by atoms with van der Waals surface area (Å²) in [5.74, 6) is 0. The van der Waals surface area contributed by atoms with Crippen LogP contribution in [-0.2, 0) is 30.7 Å². The van der Waals surface area contributed by atoms with Gasteiger partial charge in [-0.25, -0.2) is 0 Å². The number of hydrogen-bond acceptors (Lipinski definition) is 3. The highest BCUT2D eigenvalue weighted by Gasteiger charge is 2.18. The first kappa shape index (κ1) is 12.3. The predicted octanol–water partition coefficient (Wildman–Crippen LogP) is 0.866. The summed E-state index contributed by atoms with van der Waals surface area (Å²) >= 11 is 0. The van der Waals surface area contributed by atoms with Gasteiger partial charge in [-0.05, 0) is 37.3 Å². The molecule has 1 aromatic rings. The maximum absolute atomic E-state index is 12.1. The number of pyridine rings is 1. The number of methoxy groups -OCH3 is 1. The van der Waals surface area contributed by atoms with Crippen molar-refractivity contribution in [3.05, 3.63) is 33.2 Å². The number of fused-ring (bicyclic) bond motifs is 1. The minimum Gasteiger partial charge on any atom is -0.391 e. The smallest absolute Gasteiger partial charge is 0.256 e. The van der Waals surface area contributed by atoms with E-state index in [4.69, 9.17) is 4.74 Å². The van der Waals surface area contributed by atoms with Crippen molar-refractivity contribution in [2.24, 2.45) is 0 Å².